The minimum atomic E-state index is -0.927. The van der Waals surface area contributed by atoms with Gasteiger partial charge in [-0.3, -0.25) is 0 Å². The molecule has 2 amide bonds. The molecule has 1 aromatic carbocycles. The third kappa shape index (κ3) is 2.85. The minimum absolute atomic E-state index is 0.141. The Bertz CT molecular complexity index is 558. The van der Waals surface area contributed by atoms with Crippen molar-refractivity contribution >= 4 is 23.8 Å². The second-order valence-corrected chi connectivity index (χ2v) is 6.56. The third-order valence-corrected chi connectivity index (χ3v) is 5.00. The lowest BCUT2D eigenvalue weighted by Gasteiger charge is -2.38. The number of nitrogens with zero attached hydrogens (tertiary/aromatic N) is 2. The molecule has 1 aromatic rings. The monoisotopic (exact) mass is 306 g/mol. The second-order valence-electron chi connectivity index (χ2n) is 5.34. The smallest absolute Gasteiger partial charge is 0.326 e. The van der Waals surface area contributed by atoms with Crippen molar-refractivity contribution in [3.05, 3.63) is 35.4 Å². The fourth-order valence-corrected chi connectivity index (χ4v) is 3.78. The van der Waals surface area contributed by atoms with Crippen LogP contribution < -0.4 is 0 Å². The first-order valence-corrected chi connectivity index (χ1v) is 8.25. The summed E-state index contributed by atoms with van der Waals surface area (Å²) in [7, 11) is 0. The van der Waals surface area contributed by atoms with E-state index in [0.717, 1.165) is 22.6 Å². The van der Waals surface area contributed by atoms with E-state index in [4.69, 9.17) is 0 Å². The summed E-state index contributed by atoms with van der Waals surface area (Å²) in [5, 5.41) is 9.46. The highest BCUT2D eigenvalue weighted by atomic mass is 32.2. The average molecular weight is 306 g/mol. The number of aliphatic carboxylic acids is 1. The van der Waals surface area contributed by atoms with Crippen molar-refractivity contribution < 1.29 is 14.7 Å². The number of carbonyl (C=O) groups is 2. The number of benzene rings is 1. The van der Waals surface area contributed by atoms with Gasteiger partial charge in [-0.25, -0.2) is 9.59 Å². The predicted octanol–water partition coefficient (Wildman–Crippen LogP) is 1.67. The number of thioether (sulfide) groups is 1. The summed E-state index contributed by atoms with van der Waals surface area (Å²) < 4.78 is 0. The van der Waals surface area contributed by atoms with Crippen molar-refractivity contribution in [1.29, 1.82) is 0 Å². The zero-order chi connectivity index (χ0) is 14.8. The van der Waals surface area contributed by atoms with Crippen molar-refractivity contribution in [2.24, 2.45) is 0 Å². The first-order valence-electron chi connectivity index (χ1n) is 7.09. The molecule has 0 unspecified atom stereocenters. The summed E-state index contributed by atoms with van der Waals surface area (Å²) in [6, 6.07) is 6.86. The van der Waals surface area contributed by atoms with Crippen LogP contribution in [0, 0.1) is 0 Å². The van der Waals surface area contributed by atoms with E-state index in [1.807, 2.05) is 36.0 Å². The highest BCUT2D eigenvalue weighted by Crippen LogP contribution is 2.25. The van der Waals surface area contributed by atoms with Gasteiger partial charge >= 0.3 is 12.0 Å². The molecular weight excluding hydrogens is 288 g/mol. The van der Waals surface area contributed by atoms with Crippen LogP contribution in [0.3, 0.4) is 0 Å². The van der Waals surface area contributed by atoms with Gasteiger partial charge in [0.1, 0.15) is 6.04 Å². The highest BCUT2D eigenvalue weighted by molar-refractivity contribution is 7.99. The average Bonchev–Trinajstić information content (AvgIpc) is 2.53. The van der Waals surface area contributed by atoms with Crippen LogP contribution in [0.25, 0.3) is 0 Å². The lowest BCUT2D eigenvalue weighted by Crippen LogP contribution is -2.54. The molecule has 1 atom stereocenters. The minimum Gasteiger partial charge on any atom is -0.480 e. The van der Waals surface area contributed by atoms with Crippen molar-refractivity contribution in [1.82, 2.24) is 9.80 Å². The molecule has 0 aromatic heterocycles. The normalized spacial score (nSPS) is 21.8. The molecule has 2 aliphatic heterocycles. The second kappa shape index (κ2) is 5.97. The molecule has 0 spiro atoms. The Kier molecular flexibility index (Phi) is 4.05. The Morgan fingerprint density at radius 3 is 2.48 bits per heavy atom. The number of urea groups is 1. The zero-order valence-electron chi connectivity index (χ0n) is 11.7. The Morgan fingerprint density at radius 1 is 1.14 bits per heavy atom. The summed E-state index contributed by atoms with van der Waals surface area (Å²) in [5.41, 5.74) is 2.08. The van der Waals surface area contributed by atoms with Gasteiger partial charge in [-0.2, -0.15) is 11.8 Å². The van der Waals surface area contributed by atoms with Crippen LogP contribution in [0.1, 0.15) is 11.1 Å². The van der Waals surface area contributed by atoms with Crippen LogP contribution in [-0.4, -0.2) is 57.5 Å². The SMILES string of the molecule is O=C(O)[C@H]1Cc2ccccc2CN1C(=O)N1CCSCC1. The van der Waals surface area contributed by atoms with E-state index in [1.54, 1.807) is 4.90 Å². The molecule has 0 bridgehead atoms. The number of hydrogen-bond donors (Lipinski definition) is 1. The van der Waals surface area contributed by atoms with Crippen LogP contribution in [0.15, 0.2) is 24.3 Å². The number of fused-ring (bicyclic) bond motifs is 1. The maximum atomic E-state index is 12.7. The lowest BCUT2D eigenvalue weighted by atomic mass is 9.94. The zero-order valence-corrected chi connectivity index (χ0v) is 12.5. The summed E-state index contributed by atoms with van der Waals surface area (Å²) in [5.74, 6) is 0.922. The summed E-state index contributed by atoms with van der Waals surface area (Å²) in [4.78, 5) is 27.5. The first kappa shape index (κ1) is 14.3. The standard InChI is InChI=1S/C15H18N2O3S/c18-14(19)13-9-11-3-1-2-4-12(11)10-17(13)15(20)16-5-7-21-8-6-16/h1-4,13H,5-10H2,(H,18,19)/t13-/m1/s1. The van der Waals surface area contributed by atoms with E-state index in [1.165, 1.54) is 4.90 Å². The molecule has 0 radical (unpaired) electrons. The molecule has 112 valence electrons. The van der Waals surface area contributed by atoms with Gasteiger partial charge in [0.15, 0.2) is 0 Å². The maximum Gasteiger partial charge on any atom is 0.326 e. The van der Waals surface area contributed by atoms with Crippen molar-refractivity contribution in [3.8, 4) is 0 Å². The molecule has 3 rings (SSSR count). The molecule has 0 saturated carbocycles. The van der Waals surface area contributed by atoms with Crippen molar-refractivity contribution in [3.63, 3.8) is 0 Å². The summed E-state index contributed by atoms with van der Waals surface area (Å²) in [6.45, 7) is 1.79. The van der Waals surface area contributed by atoms with Gasteiger partial charge < -0.3 is 14.9 Å². The van der Waals surface area contributed by atoms with Crippen molar-refractivity contribution in [2.45, 2.75) is 19.0 Å². The van der Waals surface area contributed by atoms with Gasteiger partial charge in [0.05, 0.1) is 0 Å². The number of rotatable bonds is 1. The van der Waals surface area contributed by atoms with E-state index in [2.05, 4.69) is 0 Å². The van der Waals surface area contributed by atoms with Gasteiger partial charge in [0, 0.05) is 37.6 Å². The molecule has 5 nitrogen and oxygen atoms in total. The van der Waals surface area contributed by atoms with Crippen molar-refractivity contribution in [2.75, 3.05) is 24.6 Å². The fraction of sp³-hybridized carbons (Fsp3) is 0.467. The summed E-state index contributed by atoms with van der Waals surface area (Å²) in [6.07, 6.45) is 0.389. The van der Waals surface area contributed by atoms with E-state index < -0.39 is 12.0 Å². The molecule has 1 N–H and O–H groups in total. The molecule has 21 heavy (non-hydrogen) atoms. The Balaban J connectivity index is 1.85. The van der Waals surface area contributed by atoms with E-state index in [-0.39, 0.29) is 6.03 Å². The Labute approximate surface area is 127 Å². The first-order chi connectivity index (χ1) is 10.2. The van der Waals surface area contributed by atoms with Gasteiger partial charge in [0.25, 0.3) is 0 Å². The highest BCUT2D eigenvalue weighted by Gasteiger charge is 2.36. The molecule has 2 heterocycles. The van der Waals surface area contributed by atoms with Gasteiger partial charge in [-0.1, -0.05) is 24.3 Å². The third-order valence-electron chi connectivity index (χ3n) is 4.06. The van der Waals surface area contributed by atoms with E-state index in [9.17, 15) is 14.7 Å². The molecule has 1 saturated heterocycles. The fourth-order valence-electron chi connectivity index (χ4n) is 2.88. The van der Waals surface area contributed by atoms with E-state index >= 15 is 0 Å². The number of carboxylic acid groups (broad SMARTS) is 1. The quantitative estimate of drug-likeness (QED) is 0.857. The predicted molar refractivity (Wildman–Crippen MR) is 81.4 cm³/mol. The van der Waals surface area contributed by atoms with Crippen LogP contribution in [-0.2, 0) is 17.8 Å². The van der Waals surface area contributed by atoms with E-state index in [0.29, 0.717) is 26.1 Å². The van der Waals surface area contributed by atoms with Gasteiger partial charge in [0.2, 0.25) is 0 Å². The number of carbonyl (C=O) groups excluding carboxylic acids is 1. The maximum absolute atomic E-state index is 12.7. The Hall–Kier alpha value is -1.69. The van der Waals surface area contributed by atoms with Crippen LogP contribution in [0.5, 0.6) is 0 Å². The van der Waals surface area contributed by atoms with Gasteiger partial charge in [-0.15, -0.1) is 0 Å². The molecule has 6 heteroatoms. The lowest BCUT2D eigenvalue weighted by molar-refractivity contribution is -0.142. The number of amides is 2. The molecule has 0 aliphatic carbocycles. The largest absolute Gasteiger partial charge is 0.480 e. The van der Waals surface area contributed by atoms with Crippen LogP contribution in [0.2, 0.25) is 0 Å². The summed E-state index contributed by atoms with van der Waals surface area (Å²) >= 11 is 1.83. The molecule has 2 aliphatic rings. The molecular formula is C15H18N2O3S. The molecule has 1 fully saturated rings. The van der Waals surface area contributed by atoms with Crippen LogP contribution >= 0.6 is 11.8 Å². The topological polar surface area (TPSA) is 60.9 Å². The van der Waals surface area contributed by atoms with Gasteiger partial charge in [-0.05, 0) is 11.1 Å². The number of hydrogen-bond acceptors (Lipinski definition) is 3. The Morgan fingerprint density at radius 2 is 1.81 bits per heavy atom. The number of carboxylic acids is 1. The van der Waals surface area contributed by atoms with Crippen LogP contribution in [0.4, 0.5) is 4.79 Å².